The molecule has 0 saturated heterocycles. The van der Waals surface area contributed by atoms with Crippen molar-refractivity contribution in [2.75, 3.05) is 31.2 Å². The van der Waals surface area contributed by atoms with Crippen molar-refractivity contribution in [3.05, 3.63) is 77.9 Å². The van der Waals surface area contributed by atoms with Crippen LogP contribution in [0.5, 0.6) is 0 Å². The average Bonchev–Trinajstić information content (AvgIpc) is 2.99. The molecule has 0 radical (unpaired) electrons. The van der Waals surface area contributed by atoms with E-state index in [9.17, 15) is 9.90 Å². The van der Waals surface area contributed by atoms with Crippen LogP contribution >= 0.6 is 0 Å². The van der Waals surface area contributed by atoms with Crippen molar-refractivity contribution in [3.63, 3.8) is 0 Å². The van der Waals surface area contributed by atoms with E-state index in [2.05, 4.69) is 33.4 Å². The quantitative estimate of drug-likeness (QED) is 0.159. The predicted octanol–water partition coefficient (Wildman–Crippen LogP) is 8.26. The molecular formula is C32H38N6O3. The maximum atomic E-state index is 12.6. The standard InChI is InChI=1S/C32H38N6O3/c1-5-17-32(4,6-2)31(40)41-21-19-38(18-20-39)29-14-11-27(12-15-29)35-37-30-16-13-28(22-24(30)3)36-34-26-9-7-25(23-33)8-10-26/h7-16,22,39H,5-6,17-21H2,1-4H3/b36-34+,37-35+. The van der Waals surface area contributed by atoms with Gasteiger partial charge in [0.05, 0.1) is 52.9 Å². The van der Waals surface area contributed by atoms with E-state index in [1.807, 2.05) is 68.1 Å². The number of hydrogen-bond acceptors (Lipinski definition) is 9. The number of nitrogens with zero attached hydrogens (tertiary/aromatic N) is 6. The molecule has 3 aromatic carbocycles. The summed E-state index contributed by atoms with van der Waals surface area (Å²) >= 11 is 0. The summed E-state index contributed by atoms with van der Waals surface area (Å²) in [6, 6.07) is 22.1. The number of aliphatic hydroxyl groups is 1. The molecule has 0 fully saturated rings. The lowest BCUT2D eigenvalue weighted by atomic mass is 9.83. The first-order valence-corrected chi connectivity index (χ1v) is 13.9. The van der Waals surface area contributed by atoms with Gasteiger partial charge in [-0.25, -0.2) is 0 Å². The molecule has 3 rings (SSSR count). The van der Waals surface area contributed by atoms with Crippen LogP contribution in [0.2, 0.25) is 0 Å². The van der Waals surface area contributed by atoms with Crippen molar-refractivity contribution in [1.82, 2.24) is 0 Å². The SMILES string of the molecule is CCCC(C)(CC)C(=O)OCCN(CCO)c1ccc(/N=N/c2ccc(/N=N/c3ccc(C#N)cc3)cc2C)cc1. The number of aliphatic hydroxyl groups excluding tert-OH is 1. The van der Waals surface area contributed by atoms with Gasteiger partial charge in [-0.3, -0.25) is 4.79 Å². The van der Waals surface area contributed by atoms with Crippen LogP contribution in [0.1, 0.15) is 51.2 Å². The van der Waals surface area contributed by atoms with Gasteiger partial charge in [0.1, 0.15) is 6.61 Å². The van der Waals surface area contributed by atoms with Gasteiger partial charge in [-0.05, 0) is 99.0 Å². The topological polar surface area (TPSA) is 123 Å². The van der Waals surface area contributed by atoms with Gasteiger partial charge in [0.25, 0.3) is 0 Å². The summed E-state index contributed by atoms with van der Waals surface area (Å²) in [5, 5.41) is 35.7. The van der Waals surface area contributed by atoms with Gasteiger partial charge < -0.3 is 14.7 Å². The normalized spacial score (nSPS) is 12.8. The van der Waals surface area contributed by atoms with Crippen LogP contribution in [0, 0.1) is 23.7 Å². The van der Waals surface area contributed by atoms with E-state index < -0.39 is 5.41 Å². The third-order valence-corrected chi connectivity index (χ3v) is 6.98. The zero-order valence-corrected chi connectivity index (χ0v) is 24.2. The maximum Gasteiger partial charge on any atom is 0.311 e. The summed E-state index contributed by atoms with van der Waals surface area (Å²) < 4.78 is 5.61. The third kappa shape index (κ3) is 9.05. The molecule has 0 heterocycles. The van der Waals surface area contributed by atoms with E-state index in [4.69, 9.17) is 10.00 Å². The van der Waals surface area contributed by atoms with Crippen LogP contribution in [0.3, 0.4) is 0 Å². The van der Waals surface area contributed by atoms with E-state index in [1.54, 1.807) is 24.3 Å². The molecule has 41 heavy (non-hydrogen) atoms. The molecular weight excluding hydrogens is 516 g/mol. The Kier molecular flexibility index (Phi) is 11.7. The highest BCUT2D eigenvalue weighted by atomic mass is 16.5. The Bertz CT molecular complexity index is 1380. The second kappa shape index (κ2) is 15.4. The molecule has 9 nitrogen and oxygen atoms in total. The van der Waals surface area contributed by atoms with E-state index in [0.29, 0.717) is 35.7 Å². The fourth-order valence-electron chi connectivity index (χ4n) is 4.26. The maximum absolute atomic E-state index is 12.6. The van der Waals surface area contributed by atoms with E-state index >= 15 is 0 Å². The minimum atomic E-state index is -0.460. The summed E-state index contributed by atoms with van der Waals surface area (Å²) in [6.45, 7) is 9.11. The summed E-state index contributed by atoms with van der Waals surface area (Å²) in [5.74, 6) is -0.167. The van der Waals surface area contributed by atoms with Crippen molar-refractivity contribution in [2.24, 2.45) is 25.9 Å². The van der Waals surface area contributed by atoms with Crippen molar-refractivity contribution in [2.45, 2.75) is 47.0 Å². The van der Waals surface area contributed by atoms with Gasteiger partial charge in [0, 0.05) is 12.2 Å². The molecule has 1 N–H and O–H groups in total. The van der Waals surface area contributed by atoms with Crippen LogP contribution < -0.4 is 4.90 Å². The first-order valence-electron chi connectivity index (χ1n) is 13.9. The van der Waals surface area contributed by atoms with Gasteiger partial charge in [0.15, 0.2) is 0 Å². The lowest BCUT2D eigenvalue weighted by Gasteiger charge is -2.27. The molecule has 0 bridgehead atoms. The smallest absolute Gasteiger partial charge is 0.311 e. The number of azo groups is 2. The third-order valence-electron chi connectivity index (χ3n) is 6.98. The Morgan fingerprint density at radius 1 is 0.927 bits per heavy atom. The number of rotatable bonds is 14. The number of aryl methyl sites for hydroxylation is 1. The molecule has 0 aliphatic heterocycles. The number of ether oxygens (including phenoxy) is 1. The lowest BCUT2D eigenvalue weighted by Crippen LogP contribution is -2.34. The number of carbonyl (C=O) groups excluding carboxylic acids is 1. The molecule has 3 aromatic rings. The van der Waals surface area contributed by atoms with Crippen molar-refractivity contribution >= 4 is 34.4 Å². The number of hydrogen-bond donors (Lipinski definition) is 1. The van der Waals surface area contributed by atoms with Gasteiger partial charge >= 0.3 is 5.97 Å². The summed E-state index contributed by atoms with van der Waals surface area (Å²) in [6.07, 6.45) is 2.47. The highest BCUT2D eigenvalue weighted by molar-refractivity contribution is 5.76. The minimum absolute atomic E-state index is 0.0137. The van der Waals surface area contributed by atoms with E-state index in [0.717, 1.165) is 36.2 Å². The molecule has 214 valence electrons. The van der Waals surface area contributed by atoms with Crippen LogP contribution in [0.15, 0.2) is 87.2 Å². The van der Waals surface area contributed by atoms with Crippen LogP contribution in [-0.2, 0) is 9.53 Å². The molecule has 0 aliphatic rings. The number of nitriles is 1. The summed E-state index contributed by atoms with van der Waals surface area (Å²) in [5.41, 5.74) is 4.68. The Hall–Kier alpha value is -4.42. The Morgan fingerprint density at radius 2 is 1.54 bits per heavy atom. The predicted molar refractivity (Wildman–Crippen MR) is 161 cm³/mol. The van der Waals surface area contributed by atoms with E-state index in [-0.39, 0.29) is 19.2 Å². The highest BCUT2D eigenvalue weighted by Crippen LogP contribution is 2.30. The summed E-state index contributed by atoms with van der Waals surface area (Å²) in [7, 11) is 0. The van der Waals surface area contributed by atoms with E-state index in [1.165, 1.54) is 0 Å². The molecule has 1 atom stereocenters. The van der Waals surface area contributed by atoms with Crippen LogP contribution in [0.25, 0.3) is 0 Å². The van der Waals surface area contributed by atoms with Gasteiger partial charge in [-0.15, -0.1) is 0 Å². The van der Waals surface area contributed by atoms with Crippen LogP contribution in [-0.4, -0.2) is 37.4 Å². The highest BCUT2D eigenvalue weighted by Gasteiger charge is 2.31. The van der Waals surface area contributed by atoms with Gasteiger partial charge in [-0.2, -0.15) is 25.7 Å². The number of anilines is 1. The molecule has 9 heteroatoms. The Balaban J connectivity index is 1.60. The first-order chi connectivity index (χ1) is 19.8. The average molecular weight is 555 g/mol. The largest absolute Gasteiger partial charge is 0.463 e. The molecule has 0 aromatic heterocycles. The van der Waals surface area contributed by atoms with Crippen molar-refractivity contribution in [3.8, 4) is 6.07 Å². The molecule has 0 saturated carbocycles. The molecule has 0 aliphatic carbocycles. The molecule has 1 unspecified atom stereocenters. The Labute approximate surface area is 242 Å². The zero-order chi connectivity index (χ0) is 29.7. The fourth-order valence-corrected chi connectivity index (χ4v) is 4.26. The first kappa shape index (κ1) is 31.1. The number of benzene rings is 3. The van der Waals surface area contributed by atoms with Gasteiger partial charge in [-0.1, -0.05) is 20.3 Å². The molecule has 0 spiro atoms. The van der Waals surface area contributed by atoms with Gasteiger partial charge in [0.2, 0.25) is 0 Å². The minimum Gasteiger partial charge on any atom is -0.463 e. The van der Waals surface area contributed by atoms with Crippen molar-refractivity contribution < 1.29 is 14.6 Å². The molecule has 0 amide bonds. The second-order valence-corrected chi connectivity index (χ2v) is 10.1. The fraction of sp³-hybridized carbons (Fsp3) is 0.375. The van der Waals surface area contributed by atoms with Crippen LogP contribution in [0.4, 0.5) is 28.4 Å². The van der Waals surface area contributed by atoms with Crippen molar-refractivity contribution in [1.29, 1.82) is 5.26 Å². The zero-order valence-electron chi connectivity index (χ0n) is 24.2. The lowest BCUT2D eigenvalue weighted by molar-refractivity contribution is -0.155. The second-order valence-electron chi connectivity index (χ2n) is 10.1. The monoisotopic (exact) mass is 554 g/mol. The number of carbonyl (C=O) groups is 1. The number of esters is 1. The summed E-state index contributed by atoms with van der Waals surface area (Å²) in [4.78, 5) is 14.6. The Morgan fingerprint density at radius 3 is 2.12 bits per heavy atom.